The Labute approximate surface area is 102 Å². The molecule has 1 atom stereocenters. The average molecular weight is 372 g/mol. The van der Waals surface area contributed by atoms with E-state index in [-0.39, 0.29) is 0 Å². The van der Waals surface area contributed by atoms with E-state index in [4.69, 9.17) is 5.73 Å². The second-order valence-electron chi connectivity index (χ2n) is 4.20. The Morgan fingerprint density at radius 2 is 2.20 bits per heavy atom. The summed E-state index contributed by atoms with van der Waals surface area (Å²) >= 11 is 1.56. The van der Waals surface area contributed by atoms with Crippen molar-refractivity contribution in [1.29, 1.82) is 0 Å². The quantitative estimate of drug-likeness (QED) is 0.793. The molecule has 0 aliphatic carbocycles. The van der Waals surface area contributed by atoms with Crippen molar-refractivity contribution in [2.24, 2.45) is 5.92 Å². The molecule has 0 amide bonds. The second-order valence-corrected chi connectivity index (χ2v) is 5.78. The number of likely N-dealkylation sites (tertiary alicyclic amines) is 1. The molecule has 80 valence electrons. The summed E-state index contributed by atoms with van der Waals surface area (Å²) in [6.45, 7) is 2.40. The van der Waals surface area contributed by atoms with E-state index in [2.05, 4.69) is 24.1 Å². The van der Waals surface area contributed by atoms with Crippen molar-refractivity contribution in [3.63, 3.8) is 0 Å². The number of hydrogen-bond acceptors (Lipinski definition) is 2. The Kier molecular flexibility index (Phi) is 3.38. The van der Waals surface area contributed by atoms with Gasteiger partial charge in [-0.1, -0.05) is 0 Å². The van der Waals surface area contributed by atoms with Crippen LogP contribution in [0.3, 0.4) is 0 Å². The molecule has 1 aromatic carbocycles. The third kappa shape index (κ3) is 2.38. The first-order valence-corrected chi connectivity index (χ1v) is 6.72. The zero-order valence-corrected chi connectivity index (χ0v) is 11.9. The van der Waals surface area contributed by atoms with Gasteiger partial charge in [-0.05, 0) is 0 Å². The minimum atomic E-state index is 0.717. The molecule has 2 N–H and O–H groups in total. The molecular formula is C12H16N2W. The summed E-state index contributed by atoms with van der Waals surface area (Å²) < 4.78 is 1.53. The van der Waals surface area contributed by atoms with Crippen LogP contribution in [0.2, 0.25) is 0 Å². The van der Waals surface area contributed by atoms with Crippen LogP contribution in [-0.4, -0.2) is 28.9 Å². The molecule has 2 rings (SSSR count). The Morgan fingerprint density at radius 1 is 1.47 bits per heavy atom. The predicted octanol–water partition coefficient (Wildman–Crippen LogP) is 1.29. The van der Waals surface area contributed by atoms with Crippen LogP contribution in [-0.2, 0) is 19.4 Å². The summed E-state index contributed by atoms with van der Waals surface area (Å²) in [5.74, 6) is 0.717. The van der Waals surface area contributed by atoms with E-state index < -0.39 is 0 Å². The molecule has 1 heterocycles. The van der Waals surface area contributed by atoms with Gasteiger partial charge in [0.1, 0.15) is 0 Å². The number of nitrogen functional groups attached to an aromatic ring is 1. The summed E-state index contributed by atoms with van der Waals surface area (Å²) in [6.07, 6.45) is 1.28. The second kappa shape index (κ2) is 4.59. The van der Waals surface area contributed by atoms with Crippen molar-refractivity contribution in [1.82, 2.24) is 4.90 Å². The van der Waals surface area contributed by atoms with E-state index in [9.17, 15) is 0 Å². The van der Waals surface area contributed by atoms with Crippen molar-refractivity contribution in [2.45, 2.75) is 6.42 Å². The number of para-hydroxylation sites is 1. The van der Waals surface area contributed by atoms with Gasteiger partial charge >= 0.3 is 102 Å². The topological polar surface area (TPSA) is 29.3 Å². The fourth-order valence-corrected chi connectivity index (χ4v) is 3.45. The van der Waals surface area contributed by atoms with E-state index in [0.29, 0.717) is 0 Å². The van der Waals surface area contributed by atoms with Crippen LogP contribution >= 0.6 is 0 Å². The molecule has 0 spiro atoms. The Morgan fingerprint density at radius 3 is 2.80 bits per heavy atom. The maximum atomic E-state index is 6.00. The van der Waals surface area contributed by atoms with Crippen LogP contribution in [0, 0.1) is 5.92 Å². The fraction of sp³-hybridized carbons (Fsp3) is 0.417. The van der Waals surface area contributed by atoms with Crippen molar-refractivity contribution < 1.29 is 19.4 Å². The standard InChI is InChI=1S/C12H16N2.W/c1-14-7-6-10(9-14)8-11-4-2-3-5-12(11)13;/h2-5,10H,6-7,9,13H2,1H3;. The number of hydrogen-bond donors (Lipinski definition) is 1. The van der Waals surface area contributed by atoms with Crippen molar-refractivity contribution >= 4 is 9.59 Å². The van der Waals surface area contributed by atoms with Crippen LogP contribution in [0.25, 0.3) is 0 Å². The number of benzene rings is 1. The zero-order chi connectivity index (χ0) is 10.8. The molecule has 0 saturated carbocycles. The maximum absolute atomic E-state index is 6.00. The molecule has 1 fully saturated rings. The summed E-state index contributed by atoms with van der Waals surface area (Å²) in [4.78, 5) is 2.40. The van der Waals surface area contributed by atoms with Crippen LogP contribution in [0.15, 0.2) is 24.3 Å². The number of nitrogens with zero attached hydrogens (tertiary/aromatic N) is 1. The molecule has 1 aliphatic heterocycles. The minimum absolute atomic E-state index is 0.717. The van der Waals surface area contributed by atoms with E-state index in [0.717, 1.165) is 11.6 Å². The molecule has 1 aliphatic rings. The van der Waals surface area contributed by atoms with Gasteiger partial charge in [-0.15, -0.1) is 0 Å². The van der Waals surface area contributed by atoms with Gasteiger partial charge in [-0.3, -0.25) is 0 Å². The van der Waals surface area contributed by atoms with Gasteiger partial charge in [0, 0.05) is 0 Å². The average Bonchev–Trinajstić information content (AvgIpc) is 2.65. The van der Waals surface area contributed by atoms with Crippen LogP contribution in [0.4, 0.5) is 5.69 Å². The molecule has 2 nitrogen and oxygen atoms in total. The van der Waals surface area contributed by atoms with Gasteiger partial charge in [0.15, 0.2) is 0 Å². The van der Waals surface area contributed by atoms with Gasteiger partial charge in [0.05, 0.1) is 0 Å². The van der Waals surface area contributed by atoms with Gasteiger partial charge in [0.25, 0.3) is 0 Å². The first kappa shape index (κ1) is 11.0. The predicted molar refractivity (Wildman–Crippen MR) is 60.6 cm³/mol. The summed E-state index contributed by atoms with van der Waals surface area (Å²) in [5, 5.41) is 0. The van der Waals surface area contributed by atoms with Gasteiger partial charge in [-0.2, -0.15) is 0 Å². The first-order valence-electron chi connectivity index (χ1n) is 5.25. The van der Waals surface area contributed by atoms with Crippen LogP contribution in [0.5, 0.6) is 0 Å². The Bertz CT molecular complexity index is 376. The molecule has 0 aromatic heterocycles. The number of rotatable bonds is 2. The summed E-state index contributed by atoms with van der Waals surface area (Å²) in [6, 6.07) is 8.22. The van der Waals surface area contributed by atoms with Gasteiger partial charge in [0.2, 0.25) is 0 Å². The molecule has 0 radical (unpaired) electrons. The summed E-state index contributed by atoms with van der Waals surface area (Å²) in [7, 11) is 2.19. The number of anilines is 1. The summed E-state index contributed by atoms with van der Waals surface area (Å²) in [5.41, 5.74) is 8.20. The molecule has 0 bridgehead atoms. The Balaban J connectivity index is 2.18. The molecular weight excluding hydrogens is 356 g/mol. The third-order valence-electron chi connectivity index (χ3n) is 2.99. The Hall–Kier alpha value is -0.462. The third-order valence-corrected chi connectivity index (χ3v) is 4.98. The SMILES string of the molecule is CN1CCC([C](=[W])c2ccccc2N)C1. The number of nitrogens with two attached hydrogens (primary N) is 1. The van der Waals surface area contributed by atoms with E-state index >= 15 is 0 Å². The normalized spacial score (nSPS) is 21.8. The van der Waals surface area contributed by atoms with E-state index in [1.54, 1.807) is 19.4 Å². The van der Waals surface area contributed by atoms with Crippen molar-refractivity contribution in [3.05, 3.63) is 29.8 Å². The molecule has 1 unspecified atom stereocenters. The fourth-order valence-electron chi connectivity index (χ4n) is 2.09. The molecule has 1 saturated heterocycles. The van der Waals surface area contributed by atoms with Gasteiger partial charge < -0.3 is 0 Å². The zero-order valence-electron chi connectivity index (χ0n) is 8.94. The van der Waals surface area contributed by atoms with Crippen LogP contribution in [0.1, 0.15) is 12.0 Å². The molecule has 1 aromatic rings. The molecule has 3 heteroatoms. The van der Waals surface area contributed by atoms with Crippen molar-refractivity contribution in [3.8, 4) is 0 Å². The monoisotopic (exact) mass is 372 g/mol. The van der Waals surface area contributed by atoms with E-state index in [1.807, 2.05) is 12.1 Å². The molecule has 15 heavy (non-hydrogen) atoms. The first-order chi connectivity index (χ1) is 7.18. The van der Waals surface area contributed by atoms with Crippen molar-refractivity contribution in [2.75, 3.05) is 25.9 Å². The van der Waals surface area contributed by atoms with E-state index in [1.165, 1.54) is 29.0 Å². The van der Waals surface area contributed by atoms with Crippen LogP contribution < -0.4 is 5.73 Å². The van der Waals surface area contributed by atoms with Gasteiger partial charge in [-0.25, -0.2) is 0 Å².